The third-order valence-corrected chi connectivity index (χ3v) is 1.91. The normalized spacial score (nSPS) is 10.1. The van der Waals surface area contributed by atoms with Crippen LogP contribution in [0.4, 0.5) is 0 Å². The van der Waals surface area contributed by atoms with Crippen molar-refractivity contribution in [3.05, 3.63) is 23.3 Å². The molecule has 0 heterocycles. The monoisotopic (exact) mass is 196 g/mol. The van der Waals surface area contributed by atoms with Crippen molar-refractivity contribution in [2.45, 2.75) is 19.8 Å². The summed E-state index contributed by atoms with van der Waals surface area (Å²) in [7, 11) is 0. The summed E-state index contributed by atoms with van der Waals surface area (Å²) in [4.78, 5) is 10.6. The van der Waals surface area contributed by atoms with Gasteiger partial charge in [-0.05, 0) is 24.1 Å². The molecule has 1 rings (SSSR count). The van der Waals surface area contributed by atoms with E-state index in [4.69, 9.17) is 5.11 Å². The van der Waals surface area contributed by atoms with Gasteiger partial charge in [-0.1, -0.05) is 13.3 Å². The van der Waals surface area contributed by atoms with Gasteiger partial charge >= 0.3 is 5.97 Å². The molecule has 0 atom stereocenters. The number of benzene rings is 1. The summed E-state index contributed by atoms with van der Waals surface area (Å²) < 4.78 is 0. The highest BCUT2D eigenvalue weighted by Crippen LogP contribution is 2.29. The number of carboxylic acid groups (broad SMARTS) is 1. The molecule has 0 saturated heterocycles. The summed E-state index contributed by atoms with van der Waals surface area (Å²) in [5.41, 5.74) is 0.289. The van der Waals surface area contributed by atoms with E-state index in [1.807, 2.05) is 6.92 Å². The minimum atomic E-state index is -1.33. The van der Waals surface area contributed by atoms with Gasteiger partial charge in [-0.3, -0.25) is 0 Å². The van der Waals surface area contributed by atoms with Crippen LogP contribution in [0.15, 0.2) is 12.1 Å². The Balaban J connectivity index is 3.18. The molecule has 0 radical (unpaired) electrons. The molecule has 0 aliphatic rings. The lowest BCUT2D eigenvalue weighted by Gasteiger charge is -2.05. The molecule has 1 aromatic rings. The van der Waals surface area contributed by atoms with Crippen LogP contribution in [0.5, 0.6) is 11.5 Å². The van der Waals surface area contributed by atoms with Gasteiger partial charge in [0.2, 0.25) is 0 Å². The lowest BCUT2D eigenvalue weighted by atomic mass is 10.1. The number of phenols is 2. The number of aromatic carboxylic acids is 1. The summed E-state index contributed by atoms with van der Waals surface area (Å²) in [6, 6.07) is 2.74. The maximum atomic E-state index is 10.6. The fourth-order valence-electron chi connectivity index (χ4n) is 1.32. The van der Waals surface area contributed by atoms with Crippen LogP contribution in [0.2, 0.25) is 0 Å². The zero-order valence-corrected chi connectivity index (χ0v) is 7.82. The standard InChI is InChI=1S/C10H12O4/c1-2-3-6-4-7(11)9(10(13)14)8(12)5-6/h4-5,11-12H,2-3H2,1H3,(H,13,14). The summed E-state index contributed by atoms with van der Waals surface area (Å²) in [5.74, 6) is -2.11. The Morgan fingerprint density at radius 3 is 2.14 bits per heavy atom. The van der Waals surface area contributed by atoms with Gasteiger partial charge in [-0.15, -0.1) is 0 Å². The van der Waals surface area contributed by atoms with Gasteiger partial charge < -0.3 is 15.3 Å². The molecule has 76 valence electrons. The summed E-state index contributed by atoms with van der Waals surface area (Å²) in [6.07, 6.45) is 1.56. The first-order valence-corrected chi connectivity index (χ1v) is 4.34. The maximum Gasteiger partial charge on any atom is 0.343 e. The molecule has 1 aromatic carbocycles. The highest BCUT2D eigenvalue weighted by atomic mass is 16.4. The minimum absolute atomic E-state index is 0.388. The molecular formula is C10H12O4. The smallest absolute Gasteiger partial charge is 0.343 e. The van der Waals surface area contributed by atoms with Crippen LogP contribution in [0, 0.1) is 0 Å². The molecule has 0 unspecified atom stereocenters. The number of aromatic hydroxyl groups is 2. The zero-order valence-electron chi connectivity index (χ0n) is 7.82. The van der Waals surface area contributed by atoms with Crippen molar-refractivity contribution >= 4 is 5.97 Å². The molecular weight excluding hydrogens is 184 g/mol. The van der Waals surface area contributed by atoms with Gasteiger partial charge in [-0.2, -0.15) is 0 Å². The predicted molar refractivity (Wildman–Crippen MR) is 50.7 cm³/mol. The molecule has 0 spiro atoms. The Labute approximate surface area is 81.4 Å². The fraction of sp³-hybridized carbons (Fsp3) is 0.300. The Morgan fingerprint density at radius 2 is 1.79 bits per heavy atom. The third-order valence-electron chi connectivity index (χ3n) is 1.91. The van der Waals surface area contributed by atoms with Crippen molar-refractivity contribution in [1.82, 2.24) is 0 Å². The number of carbonyl (C=O) groups is 1. The van der Waals surface area contributed by atoms with Crippen LogP contribution in [-0.2, 0) is 6.42 Å². The van der Waals surface area contributed by atoms with Gasteiger partial charge in [0.1, 0.15) is 17.1 Å². The summed E-state index contributed by atoms with van der Waals surface area (Å²) in [6.45, 7) is 1.96. The lowest BCUT2D eigenvalue weighted by Crippen LogP contribution is -1.98. The fourth-order valence-corrected chi connectivity index (χ4v) is 1.32. The van der Waals surface area contributed by atoms with E-state index in [0.717, 1.165) is 12.0 Å². The Kier molecular flexibility index (Phi) is 2.96. The van der Waals surface area contributed by atoms with E-state index in [0.29, 0.717) is 6.42 Å². The molecule has 0 saturated carbocycles. The second-order valence-corrected chi connectivity index (χ2v) is 3.06. The first-order valence-electron chi connectivity index (χ1n) is 4.34. The highest BCUT2D eigenvalue weighted by Gasteiger charge is 2.15. The number of carboxylic acids is 1. The first kappa shape index (κ1) is 10.4. The molecule has 0 bridgehead atoms. The van der Waals surface area contributed by atoms with E-state index in [-0.39, 0.29) is 11.5 Å². The van der Waals surface area contributed by atoms with Crippen molar-refractivity contribution in [3.63, 3.8) is 0 Å². The highest BCUT2D eigenvalue weighted by molar-refractivity contribution is 5.94. The van der Waals surface area contributed by atoms with Gasteiger partial charge in [-0.25, -0.2) is 4.79 Å². The van der Waals surface area contributed by atoms with Crippen LogP contribution < -0.4 is 0 Å². The Bertz CT molecular complexity index is 334. The van der Waals surface area contributed by atoms with E-state index < -0.39 is 11.5 Å². The summed E-state index contributed by atoms with van der Waals surface area (Å²) >= 11 is 0. The number of hydrogen-bond acceptors (Lipinski definition) is 3. The van der Waals surface area contributed by atoms with Gasteiger partial charge in [0, 0.05) is 0 Å². The average Bonchev–Trinajstić information content (AvgIpc) is 2.01. The van der Waals surface area contributed by atoms with Gasteiger partial charge in [0.05, 0.1) is 0 Å². The summed E-state index contributed by atoms with van der Waals surface area (Å²) in [5, 5.41) is 27.3. The number of rotatable bonds is 3. The van der Waals surface area contributed by atoms with Crippen LogP contribution in [-0.4, -0.2) is 21.3 Å². The molecule has 0 aliphatic heterocycles. The van der Waals surface area contributed by atoms with Crippen LogP contribution in [0.25, 0.3) is 0 Å². The number of aryl methyl sites for hydroxylation is 1. The first-order chi connectivity index (χ1) is 6.56. The quantitative estimate of drug-likeness (QED) is 0.688. The largest absolute Gasteiger partial charge is 0.507 e. The van der Waals surface area contributed by atoms with Gasteiger partial charge in [0.15, 0.2) is 0 Å². The van der Waals surface area contributed by atoms with E-state index in [1.165, 1.54) is 12.1 Å². The SMILES string of the molecule is CCCc1cc(O)c(C(=O)O)c(O)c1. The van der Waals surface area contributed by atoms with E-state index in [2.05, 4.69) is 0 Å². The van der Waals surface area contributed by atoms with Crippen molar-refractivity contribution in [1.29, 1.82) is 0 Å². The van der Waals surface area contributed by atoms with Crippen molar-refractivity contribution in [2.75, 3.05) is 0 Å². The molecule has 0 fully saturated rings. The topological polar surface area (TPSA) is 77.8 Å². The average molecular weight is 196 g/mol. The van der Waals surface area contributed by atoms with Gasteiger partial charge in [0.25, 0.3) is 0 Å². The second kappa shape index (κ2) is 4.00. The van der Waals surface area contributed by atoms with Crippen LogP contribution in [0.3, 0.4) is 0 Å². The maximum absolute atomic E-state index is 10.6. The molecule has 14 heavy (non-hydrogen) atoms. The zero-order chi connectivity index (χ0) is 10.7. The van der Waals surface area contributed by atoms with Crippen molar-refractivity contribution in [2.24, 2.45) is 0 Å². The predicted octanol–water partition coefficient (Wildman–Crippen LogP) is 1.75. The molecule has 4 nitrogen and oxygen atoms in total. The van der Waals surface area contributed by atoms with E-state index >= 15 is 0 Å². The minimum Gasteiger partial charge on any atom is -0.507 e. The Morgan fingerprint density at radius 1 is 1.29 bits per heavy atom. The molecule has 3 N–H and O–H groups in total. The molecule has 0 amide bonds. The number of hydrogen-bond donors (Lipinski definition) is 3. The lowest BCUT2D eigenvalue weighted by molar-refractivity contribution is 0.0690. The van der Waals surface area contributed by atoms with E-state index in [1.54, 1.807) is 0 Å². The second-order valence-electron chi connectivity index (χ2n) is 3.06. The van der Waals surface area contributed by atoms with Crippen LogP contribution >= 0.6 is 0 Å². The van der Waals surface area contributed by atoms with Crippen LogP contribution in [0.1, 0.15) is 29.3 Å². The molecule has 0 aromatic heterocycles. The molecule has 4 heteroatoms. The van der Waals surface area contributed by atoms with Crippen molar-refractivity contribution < 1.29 is 20.1 Å². The molecule has 0 aliphatic carbocycles. The third kappa shape index (κ3) is 1.96. The van der Waals surface area contributed by atoms with E-state index in [9.17, 15) is 15.0 Å². The van der Waals surface area contributed by atoms with Crippen molar-refractivity contribution in [3.8, 4) is 11.5 Å². The Hall–Kier alpha value is -1.71.